The summed E-state index contributed by atoms with van der Waals surface area (Å²) in [6, 6.07) is 6.77. The Labute approximate surface area is 114 Å². The summed E-state index contributed by atoms with van der Waals surface area (Å²) < 4.78 is 5.21. The van der Waals surface area contributed by atoms with E-state index in [-0.39, 0.29) is 5.54 Å². The smallest absolute Gasteiger partial charge is 0.0611 e. The van der Waals surface area contributed by atoms with Gasteiger partial charge >= 0.3 is 0 Å². The topological polar surface area (TPSA) is 21.3 Å². The van der Waals surface area contributed by atoms with Crippen molar-refractivity contribution in [1.82, 2.24) is 5.32 Å². The van der Waals surface area contributed by atoms with E-state index in [1.165, 1.54) is 16.0 Å². The van der Waals surface area contributed by atoms with Gasteiger partial charge in [0.1, 0.15) is 0 Å². The van der Waals surface area contributed by atoms with Gasteiger partial charge in [-0.3, -0.25) is 0 Å². The molecule has 18 heavy (non-hydrogen) atoms. The highest BCUT2D eigenvalue weighted by molar-refractivity contribution is 8.00. The molecular weight excluding hydrogens is 242 g/mol. The normalized spacial score (nSPS) is 16.7. The van der Waals surface area contributed by atoms with Crippen molar-refractivity contribution >= 4 is 11.8 Å². The lowest BCUT2D eigenvalue weighted by Crippen LogP contribution is -2.35. The van der Waals surface area contributed by atoms with E-state index in [0.29, 0.717) is 5.25 Å². The second-order valence-corrected chi connectivity index (χ2v) is 7.34. The van der Waals surface area contributed by atoms with Crippen molar-refractivity contribution in [3.8, 4) is 0 Å². The van der Waals surface area contributed by atoms with Crippen LogP contribution in [0.1, 0.15) is 31.9 Å². The fraction of sp³-hybridized carbons (Fsp3) is 0.600. The molecule has 0 aliphatic carbocycles. The second kappa shape index (κ2) is 5.64. The van der Waals surface area contributed by atoms with Crippen molar-refractivity contribution in [2.45, 2.75) is 49.9 Å². The summed E-state index contributed by atoms with van der Waals surface area (Å²) in [6.45, 7) is 11.5. The Bertz CT molecular complexity index is 407. The number of thioether (sulfide) groups is 1. The molecule has 1 N–H and O–H groups in total. The number of nitrogens with one attached hydrogen (secondary N) is 1. The summed E-state index contributed by atoms with van der Waals surface area (Å²) in [5.74, 6) is 0. The molecule has 0 unspecified atom stereocenters. The molecular formula is C15H23NOS. The quantitative estimate of drug-likeness (QED) is 0.902. The fourth-order valence-corrected chi connectivity index (χ4v) is 2.88. The van der Waals surface area contributed by atoms with Gasteiger partial charge in [-0.2, -0.15) is 0 Å². The van der Waals surface area contributed by atoms with Gasteiger partial charge in [-0.25, -0.2) is 0 Å². The molecule has 1 aliphatic heterocycles. The molecule has 2 rings (SSSR count). The van der Waals surface area contributed by atoms with Gasteiger partial charge in [0.2, 0.25) is 0 Å². The van der Waals surface area contributed by atoms with E-state index in [1.54, 1.807) is 0 Å². The van der Waals surface area contributed by atoms with Crippen LogP contribution in [0.25, 0.3) is 0 Å². The number of hydrogen-bond acceptors (Lipinski definition) is 3. The van der Waals surface area contributed by atoms with Gasteiger partial charge in [-0.15, -0.1) is 11.8 Å². The largest absolute Gasteiger partial charge is 0.379 e. The zero-order valence-corrected chi connectivity index (χ0v) is 12.6. The molecule has 1 aromatic carbocycles. The fourth-order valence-electron chi connectivity index (χ4n) is 1.77. The first-order valence-corrected chi connectivity index (χ1v) is 7.41. The average Bonchev–Trinajstić information content (AvgIpc) is 2.21. The highest BCUT2D eigenvalue weighted by Gasteiger charge is 2.19. The molecule has 1 fully saturated rings. The Hall–Kier alpha value is -0.510. The standard InChI is InChI=1S/C15H23NOS/c1-11-7-13(18-14-9-17-10-14)6-5-12(11)8-16-15(2,3)4/h5-7,14,16H,8-10H2,1-4H3. The predicted octanol–water partition coefficient (Wildman–Crippen LogP) is 3.37. The van der Waals surface area contributed by atoms with Crippen LogP contribution < -0.4 is 5.32 Å². The number of hydrogen-bond donors (Lipinski definition) is 1. The number of benzene rings is 1. The zero-order valence-electron chi connectivity index (χ0n) is 11.7. The van der Waals surface area contributed by atoms with E-state index in [0.717, 1.165) is 19.8 Å². The van der Waals surface area contributed by atoms with Gasteiger partial charge in [0, 0.05) is 17.0 Å². The number of ether oxygens (including phenoxy) is 1. The number of aryl methyl sites for hydroxylation is 1. The van der Waals surface area contributed by atoms with Crippen LogP contribution in [0.15, 0.2) is 23.1 Å². The Morgan fingerprint density at radius 1 is 1.33 bits per heavy atom. The van der Waals surface area contributed by atoms with Crippen molar-refractivity contribution < 1.29 is 4.74 Å². The minimum absolute atomic E-state index is 0.170. The van der Waals surface area contributed by atoms with Crippen LogP contribution in [-0.2, 0) is 11.3 Å². The molecule has 1 aliphatic rings. The molecule has 0 radical (unpaired) electrons. The van der Waals surface area contributed by atoms with Crippen molar-refractivity contribution in [2.24, 2.45) is 0 Å². The molecule has 3 heteroatoms. The van der Waals surface area contributed by atoms with Crippen LogP contribution in [0, 0.1) is 6.92 Å². The lowest BCUT2D eigenvalue weighted by atomic mass is 10.1. The highest BCUT2D eigenvalue weighted by Crippen LogP contribution is 2.29. The average molecular weight is 265 g/mol. The first kappa shape index (κ1) is 13.9. The van der Waals surface area contributed by atoms with Gasteiger partial charge in [0.15, 0.2) is 0 Å². The van der Waals surface area contributed by atoms with E-state index in [9.17, 15) is 0 Å². The zero-order chi connectivity index (χ0) is 13.2. The molecule has 0 spiro atoms. The lowest BCUT2D eigenvalue weighted by molar-refractivity contribution is 0.0455. The first-order chi connectivity index (χ1) is 8.44. The van der Waals surface area contributed by atoms with Crippen LogP contribution in [-0.4, -0.2) is 24.0 Å². The molecule has 1 saturated heterocycles. The molecule has 2 nitrogen and oxygen atoms in total. The maximum atomic E-state index is 5.21. The van der Waals surface area contributed by atoms with Gasteiger partial charge in [0.05, 0.1) is 18.5 Å². The van der Waals surface area contributed by atoms with Gasteiger partial charge < -0.3 is 10.1 Å². The van der Waals surface area contributed by atoms with Crippen LogP contribution in [0.3, 0.4) is 0 Å². The van der Waals surface area contributed by atoms with E-state index in [4.69, 9.17) is 4.74 Å². The Morgan fingerprint density at radius 3 is 2.56 bits per heavy atom. The Balaban J connectivity index is 1.96. The van der Waals surface area contributed by atoms with Gasteiger partial charge in [-0.1, -0.05) is 6.07 Å². The Morgan fingerprint density at radius 2 is 2.06 bits per heavy atom. The van der Waals surface area contributed by atoms with Crippen LogP contribution in [0.2, 0.25) is 0 Å². The highest BCUT2D eigenvalue weighted by atomic mass is 32.2. The van der Waals surface area contributed by atoms with Crippen LogP contribution in [0.4, 0.5) is 0 Å². The summed E-state index contributed by atoms with van der Waals surface area (Å²) in [5.41, 5.74) is 2.93. The van der Waals surface area contributed by atoms with Crippen LogP contribution in [0.5, 0.6) is 0 Å². The summed E-state index contributed by atoms with van der Waals surface area (Å²) in [4.78, 5) is 1.36. The van der Waals surface area contributed by atoms with Crippen molar-refractivity contribution in [3.63, 3.8) is 0 Å². The van der Waals surface area contributed by atoms with Crippen molar-refractivity contribution in [2.75, 3.05) is 13.2 Å². The molecule has 1 heterocycles. The summed E-state index contributed by atoms with van der Waals surface area (Å²) >= 11 is 1.93. The van der Waals surface area contributed by atoms with Crippen molar-refractivity contribution in [1.29, 1.82) is 0 Å². The Kier molecular flexibility index (Phi) is 4.36. The molecule has 0 aromatic heterocycles. The van der Waals surface area contributed by atoms with Gasteiger partial charge in [-0.05, 0) is 51.0 Å². The number of rotatable bonds is 4. The molecule has 0 amide bonds. The third-order valence-electron chi connectivity index (χ3n) is 3.03. The summed E-state index contributed by atoms with van der Waals surface area (Å²) in [7, 11) is 0. The maximum absolute atomic E-state index is 5.21. The molecule has 100 valence electrons. The minimum atomic E-state index is 0.170. The van der Waals surface area contributed by atoms with E-state index < -0.39 is 0 Å². The SMILES string of the molecule is Cc1cc(SC2COC2)ccc1CNC(C)(C)C. The maximum Gasteiger partial charge on any atom is 0.0611 e. The predicted molar refractivity (Wildman–Crippen MR) is 78.2 cm³/mol. The first-order valence-electron chi connectivity index (χ1n) is 6.53. The van der Waals surface area contributed by atoms with E-state index >= 15 is 0 Å². The minimum Gasteiger partial charge on any atom is -0.379 e. The molecule has 0 atom stereocenters. The lowest BCUT2D eigenvalue weighted by Gasteiger charge is -2.25. The third kappa shape index (κ3) is 4.01. The van der Waals surface area contributed by atoms with Crippen LogP contribution >= 0.6 is 11.8 Å². The van der Waals surface area contributed by atoms with Crippen molar-refractivity contribution in [3.05, 3.63) is 29.3 Å². The summed E-state index contributed by atoms with van der Waals surface area (Å²) in [5, 5.41) is 4.19. The summed E-state index contributed by atoms with van der Waals surface area (Å²) in [6.07, 6.45) is 0. The third-order valence-corrected chi connectivity index (χ3v) is 4.17. The molecule has 0 saturated carbocycles. The second-order valence-electron chi connectivity index (χ2n) is 5.97. The van der Waals surface area contributed by atoms with E-state index in [2.05, 4.69) is 51.2 Å². The van der Waals surface area contributed by atoms with E-state index in [1.807, 2.05) is 11.8 Å². The molecule has 1 aromatic rings. The molecule has 0 bridgehead atoms. The van der Waals surface area contributed by atoms with Gasteiger partial charge in [0.25, 0.3) is 0 Å². The monoisotopic (exact) mass is 265 g/mol.